The minimum absolute atomic E-state index is 0.0371. The lowest BCUT2D eigenvalue weighted by molar-refractivity contribution is -0.117. The Labute approximate surface area is 167 Å². The average Bonchev–Trinajstić information content (AvgIpc) is 2.83. The highest BCUT2D eigenvalue weighted by Gasteiger charge is 2.17. The molecule has 0 saturated carbocycles. The zero-order valence-electron chi connectivity index (χ0n) is 14.7. The second-order valence-corrected chi connectivity index (χ2v) is 7.06. The molecule has 144 valence electrons. The topological polar surface area (TPSA) is 50.8 Å². The number of halogens is 3. The standard InChI is InChI=1S/C19H19Cl2FN2O3/c1-24(10-12-13(20)4-2-5-15(12)22)11-19(25)23-16-9-18-17(8-14(16)21)26-6-3-7-27-18/h2,4-5,8-9H,3,6-7,10-11H2,1H3,(H,23,25). The molecule has 0 radical (unpaired) electrons. The molecule has 1 heterocycles. The minimum atomic E-state index is -0.402. The van der Waals surface area contributed by atoms with Crippen LogP contribution < -0.4 is 14.8 Å². The first-order valence-electron chi connectivity index (χ1n) is 8.44. The van der Waals surface area contributed by atoms with Crippen molar-refractivity contribution in [3.8, 4) is 11.5 Å². The molecule has 2 aromatic carbocycles. The molecule has 3 rings (SSSR count). The lowest BCUT2D eigenvalue weighted by Crippen LogP contribution is -2.30. The molecule has 0 saturated heterocycles. The monoisotopic (exact) mass is 412 g/mol. The number of hydrogen-bond donors (Lipinski definition) is 1. The van der Waals surface area contributed by atoms with Crippen LogP contribution in [0.15, 0.2) is 30.3 Å². The minimum Gasteiger partial charge on any atom is -0.490 e. The van der Waals surface area contributed by atoms with E-state index in [9.17, 15) is 9.18 Å². The maximum Gasteiger partial charge on any atom is 0.238 e. The molecule has 0 bridgehead atoms. The third-order valence-electron chi connectivity index (χ3n) is 4.01. The fourth-order valence-corrected chi connectivity index (χ4v) is 3.15. The quantitative estimate of drug-likeness (QED) is 0.792. The fraction of sp³-hybridized carbons (Fsp3) is 0.316. The second kappa shape index (κ2) is 8.78. The van der Waals surface area contributed by atoms with Gasteiger partial charge in [0.25, 0.3) is 0 Å². The SMILES string of the molecule is CN(CC(=O)Nc1cc2c(cc1Cl)OCCCO2)Cc1c(F)cccc1Cl. The maximum absolute atomic E-state index is 13.9. The van der Waals surface area contributed by atoms with Gasteiger partial charge in [0.2, 0.25) is 5.91 Å². The fourth-order valence-electron chi connectivity index (χ4n) is 2.72. The summed E-state index contributed by atoms with van der Waals surface area (Å²) in [5, 5.41) is 3.43. The Morgan fingerprint density at radius 2 is 1.89 bits per heavy atom. The Morgan fingerprint density at radius 3 is 2.59 bits per heavy atom. The third-order valence-corrected chi connectivity index (χ3v) is 4.68. The highest BCUT2D eigenvalue weighted by molar-refractivity contribution is 6.34. The van der Waals surface area contributed by atoms with E-state index in [0.717, 1.165) is 6.42 Å². The smallest absolute Gasteiger partial charge is 0.238 e. The molecule has 5 nitrogen and oxygen atoms in total. The Kier molecular flexibility index (Phi) is 6.42. The van der Waals surface area contributed by atoms with Crippen LogP contribution in [-0.2, 0) is 11.3 Å². The number of nitrogens with zero attached hydrogens (tertiary/aromatic N) is 1. The summed E-state index contributed by atoms with van der Waals surface area (Å²) in [6.45, 7) is 1.33. The van der Waals surface area contributed by atoms with Crippen molar-refractivity contribution in [1.29, 1.82) is 0 Å². The number of benzene rings is 2. The van der Waals surface area contributed by atoms with Crippen molar-refractivity contribution in [2.45, 2.75) is 13.0 Å². The summed E-state index contributed by atoms with van der Waals surface area (Å²) in [7, 11) is 1.71. The first-order valence-corrected chi connectivity index (χ1v) is 9.20. The molecule has 0 unspecified atom stereocenters. The van der Waals surface area contributed by atoms with Gasteiger partial charge in [-0.15, -0.1) is 0 Å². The summed E-state index contributed by atoms with van der Waals surface area (Å²) >= 11 is 12.3. The number of likely N-dealkylation sites (N-methyl/N-ethyl adjacent to an activating group) is 1. The van der Waals surface area contributed by atoms with E-state index < -0.39 is 5.82 Å². The van der Waals surface area contributed by atoms with Gasteiger partial charge in [0, 0.05) is 35.7 Å². The largest absolute Gasteiger partial charge is 0.490 e. The van der Waals surface area contributed by atoms with Gasteiger partial charge < -0.3 is 14.8 Å². The number of ether oxygens (including phenoxy) is 2. The Morgan fingerprint density at radius 1 is 1.19 bits per heavy atom. The molecule has 0 fully saturated rings. The third kappa shape index (κ3) is 5.03. The zero-order chi connectivity index (χ0) is 19.4. The number of carbonyl (C=O) groups is 1. The summed E-state index contributed by atoms with van der Waals surface area (Å²) in [4.78, 5) is 14.0. The van der Waals surface area contributed by atoms with Gasteiger partial charge in [-0.05, 0) is 19.2 Å². The van der Waals surface area contributed by atoms with Crippen molar-refractivity contribution in [1.82, 2.24) is 4.90 Å². The second-order valence-electron chi connectivity index (χ2n) is 6.25. The highest BCUT2D eigenvalue weighted by atomic mass is 35.5. The first-order chi connectivity index (χ1) is 12.9. The molecule has 1 aliphatic rings. The van der Waals surface area contributed by atoms with Crippen LogP contribution in [0.2, 0.25) is 10.0 Å². The summed E-state index contributed by atoms with van der Waals surface area (Å²) in [6, 6.07) is 7.77. The predicted molar refractivity (Wildman–Crippen MR) is 103 cm³/mol. The molecule has 1 N–H and O–H groups in total. The number of hydrogen-bond acceptors (Lipinski definition) is 4. The lowest BCUT2D eigenvalue weighted by Gasteiger charge is -2.18. The van der Waals surface area contributed by atoms with Crippen LogP contribution in [0.1, 0.15) is 12.0 Å². The van der Waals surface area contributed by atoms with Gasteiger partial charge in [-0.1, -0.05) is 29.3 Å². The normalized spacial score (nSPS) is 13.4. The van der Waals surface area contributed by atoms with Crippen molar-refractivity contribution in [3.05, 3.63) is 51.8 Å². The van der Waals surface area contributed by atoms with Crippen molar-refractivity contribution in [3.63, 3.8) is 0 Å². The van der Waals surface area contributed by atoms with Gasteiger partial charge in [-0.3, -0.25) is 9.69 Å². The molecular weight excluding hydrogens is 394 g/mol. The number of fused-ring (bicyclic) bond motifs is 1. The van der Waals surface area contributed by atoms with Gasteiger partial charge in [-0.2, -0.15) is 0 Å². The lowest BCUT2D eigenvalue weighted by atomic mass is 10.2. The molecule has 0 atom stereocenters. The van der Waals surface area contributed by atoms with Gasteiger partial charge in [0.15, 0.2) is 11.5 Å². The van der Waals surface area contributed by atoms with Crippen LogP contribution >= 0.6 is 23.2 Å². The van der Waals surface area contributed by atoms with E-state index in [2.05, 4.69) is 5.32 Å². The van der Waals surface area contributed by atoms with Crippen molar-refractivity contribution < 1.29 is 18.7 Å². The molecule has 1 aliphatic heterocycles. The van der Waals surface area contributed by atoms with Crippen LogP contribution in [0.4, 0.5) is 10.1 Å². The Balaban J connectivity index is 1.64. The van der Waals surface area contributed by atoms with Crippen LogP contribution in [0.5, 0.6) is 11.5 Å². The zero-order valence-corrected chi connectivity index (χ0v) is 16.2. The average molecular weight is 413 g/mol. The first kappa shape index (κ1) is 19.7. The summed E-state index contributed by atoms with van der Waals surface area (Å²) in [5.41, 5.74) is 0.784. The van der Waals surface area contributed by atoms with E-state index in [1.807, 2.05) is 0 Å². The summed E-state index contributed by atoms with van der Waals surface area (Å²) < 4.78 is 25.1. The number of amides is 1. The van der Waals surface area contributed by atoms with Crippen LogP contribution in [0.25, 0.3) is 0 Å². The number of carbonyl (C=O) groups excluding carboxylic acids is 1. The highest BCUT2D eigenvalue weighted by Crippen LogP contribution is 2.37. The molecular formula is C19H19Cl2FN2O3. The molecule has 0 aliphatic carbocycles. The molecule has 2 aromatic rings. The number of nitrogens with one attached hydrogen (secondary N) is 1. The van der Waals surface area contributed by atoms with E-state index in [1.165, 1.54) is 6.07 Å². The number of anilines is 1. The molecule has 8 heteroatoms. The van der Waals surface area contributed by atoms with Crippen molar-refractivity contribution in [2.24, 2.45) is 0 Å². The van der Waals surface area contributed by atoms with Crippen LogP contribution in [-0.4, -0.2) is 37.6 Å². The Hall–Kier alpha value is -2.02. The Bertz CT molecular complexity index is 828. The van der Waals surface area contributed by atoms with Gasteiger partial charge in [-0.25, -0.2) is 4.39 Å². The summed E-state index contributed by atoms with van der Waals surface area (Å²) in [6.07, 6.45) is 0.775. The van der Waals surface area contributed by atoms with Crippen LogP contribution in [0, 0.1) is 5.82 Å². The predicted octanol–water partition coefficient (Wildman–Crippen LogP) is 4.36. The van der Waals surface area contributed by atoms with Gasteiger partial charge in [0.05, 0.1) is 30.5 Å². The maximum atomic E-state index is 13.9. The van der Waals surface area contributed by atoms with E-state index in [-0.39, 0.29) is 19.0 Å². The number of rotatable bonds is 5. The van der Waals surface area contributed by atoms with Gasteiger partial charge in [0.1, 0.15) is 5.82 Å². The van der Waals surface area contributed by atoms with E-state index in [1.54, 1.807) is 36.2 Å². The van der Waals surface area contributed by atoms with Crippen molar-refractivity contribution >= 4 is 34.8 Å². The van der Waals surface area contributed by atoms with E-state index >= 15 is 0 Å². The molecule has 27 heavy (non-hydrogen) atoms. The van der Waals surface area contributed by atoms with Crippen LogP contribution in [0.3, 0.4) is 0 Å². The van der Waals surface area contributed by atoms with Crippen molar-refractivity contribution in [2.75, 3.05) is 32.1 Å². The van der Waals surface area contributed by atoms with E-state index in [4.69, 9.17) is 32.7 Å². The van der Waals surface area contributed by atoms with Gasteiger partial charge >= 0.3 is 0 Å². The van der Waals surface area contributed by atoms with E-state index in [0.29, 0.717) is 46.0 Å². The molecule has 0 spiro atoms. The molecule has 0 aromatic heterocycles. The molecule has 1 amide bonds. The summed E-state index contributed by atoms with van der Waals surface area (Å²) in [5.74, 6) is 0.405.